The molecule has 2 aromatic carbocycles. The van der Waals surface area contributed by atoms with E-state index in [-0.39, 0.29) is 12.6 Å². The van der Waals surface area contributed by atoms with Crippen LogP contribution in [0.15, 0.2) is 30.3 Å². The van der Waals surface area contributed by atoms with Crippen molar-refractivity contribution in [3.8, 4) is 11.5 Å². The van der Waals surface area contributed by atoms with E-state index in [1.807, 2.05) is 26.0 Å². The number of benzene rings is 2. The molecule has 0 aliphatic heterocycles. The molecule has 148 valence electrons. The van der Waals surface area contributed by atoms with Crippen molar-refractivity contribution in [1.29, 1.82) is 0 Å². The van der Waals surface area contributed by atoms with Crippen LogP contribution in [0.4, 0.5) is 0 Å². The second kappa shape index (κ2) is 11.0. The van der Waals surface area contributed by atoms with Gasteiger partial charge in [0.1, 0.15) is 6.61 Å². The van der Waals surface area contributed by atoms with Crippen LogP contribution in [-0.4, -0.2) is 24.4 Å². The molecule has 2 rings (SSSR count). The third kappa shape index (κ3) is 6.44. The van der Waals surface area contributed by atoms with Crippen molar-refractivity contribution >= 4 is 34.8 Å². The molecule has 0 amide bonds. The predicted molar refractivity (Wildman–Crippen MR) is 111 cm³/mol. The van der Waals surface area contributed by atoms with Crippen LogP contribution in [0.1, 0.15) is 31.4 Å². The molecule has 1 unspecified atom stereocenters. The maximum atomic E-state index is 9.31. The van der Waals surface area contributed by atoms with Gasteiger partial charge in [-0.15, -0.1) is 0 Å². The number of nitrogens with one attached hydrogen (secondary N) is 1. The van der Waals surface area contributed by atoms with Gasteiger partial charge in [0.25, 0.3) is 0 Å². The molecule has 1 atom stereocenters. The first-order valence-electron chi connectivity index (χ1n) is 8.84. The lowest BCUT2D eigenvalue weighted by molar-refractivity contribution is 0.238. The van der Waals surface area contributed by atoms with Crippen molar-refractivity contribution in [3.05, 3.63) is 56.5 Å². The summed E-state index contributed by atoms with van der Waals surface area (Å²) in [5.41, 5.74) is 1.77. The molecule has 0 aromatic heterocycles. The largest absolute Gasteiger partial charge is 0.490 e. The van der Waals surface area contributed by atoms with Gasteiger partial charge >= 0.3 is 0 Å². The zero-order valence-corrected chi connectivity index (χ0v) is 17.7. The second-order valence-corrected chi connectivity index (χ2v) is 7.25. The summed E-state index contributed by atoms with van der Waals surface area (Å²) in [6, 6.07) is 9.01. The monoisotopic (exact) mass is 431 g/mol. The number of aliphatic hydroxyl groups is 1. The molecule has 0 heterocycles. The van der Waals surface area contributed by atoms with E-state index >= 15 is 0 Å². The van der Waals surface area contributed by atoms with Crippen molar-refractivity contribution in [2.45, 2.75) is 39.5 Å². The van der Waals surface area contributed by atoms with Gasteiger partial charge in [-0.25, -0.2) is 0 Å². The molecule has 4 nitrogen and oxygen atoms in total. The van der Waals surface area contributed by atoms with E-state index in [1.165, 1.54) is 0 Å². The van der Waals surface area contributed by atoms with E-state index in [1.54, 1.807) is 18.2 Å². The molecule has 2 N–H and O–H groups in total. The zero-order chi connectivity index (χ0) is 19.8. The molecule has 0 bridgehead atoms. The Hall–Kier alpha value is -1.17. The maximum Gasteiger partial charge on any atom is 0.163 e. The van der Waals surface area contributed by atoms with Crippen LogP contribution in [0.3, 0.4) is 0 Å². The van der Waals surface area contributed by atoms with E-state index in [9.17, 15) is 5.11 Å². The van der Waals surface area contributed by atoms with Crippen molar-refractivity contribution in [2.24, 2.45) is 0 Å². The third-order valence-electron chi connectivity index (χ3n) is 4.09. The smallest absolute Gasteiger partial charge is 0.163 e. The number of halogens is 3. The fourth-order valence-corrected chi connectivity index (χ4v) is 3.02. The molecule has 7 heteroatoms. The van der Waals surface area contributed by atoms with Crippen LogP contribution in [0.5, 0.6) is 11.5 Å². The van der Waals surface area contributed by atoms with Crippen LogP contribution < -0.4 is 14.8 Å². The number of ether oxygens (including phenoxy) is 2. The summed E-state index contributed by atoms with van der Waals surface area (Å²) in [6.07, 6.45) is 0.831. The van der Waals surface area contributed by atoms with Crippen LogP contribution in [-0.2, 0) is 13.2 Å². The normalized spacial score (nSPS) is 12.1. The molecule has 0 aliphatic rings. The lowest BCUT2D eigenvalue weighted by Gasteiger charge is -2.18. The molecule has 0 aliphatic carbocycles. The Bertz CT molecular complexity index is 751. The second-order valence-electron chi connectivity index (χ2n) is 6.03. The lowest BCUT2D eigenvalue weighted by atomic mass is 10.1. The highest BCUT2D eigenvalue weighted by Gasteiger charge is 2.13. The van der Waals surface area contributed by atoms with Crippen LogP contribution >= 0.6 is 34.8 Å². The molecule has 27 heavy (non-hydrogen) atoms. The SMILES string of the molecule is CCOc1cc(CNC(CC)CO)c(Cl)cc1OCc1ccc(Cl)c(Cl)c1. The molecular formula is C20H24Cl3NO3. The van der Waals surface area contributed by atoms with Crippen LogP contribution in [0, 0.1) is 0 Å². The zero-order valence-electron chi connectivity index (χ0n) is 15.4. The number of hydrogen-bond donors (Lipinski definition) is 2. The van der Waals surface area contributed by atoms with Gasteiger partial charge in [0, 0.05) is 23.7 Å². The van der Waals surface area contributed by atoms with Gasteiger partial charge in [0.05, 0.1) is 23.3 Å². The van der Waals surface area contributed by atoms with Crippen LogP contribution in [0.25, 0.3) is 0 Å². The van der Waals surface area contributed by atoms with Crippen molar-refractivity contribution < 1.29 is 14.6 Å². The predicted octanol–water partition coefficient (Wildman–Crippen LogP) is 5.49. The number of hydrogen-bond acceptors (Lipinski definition) is 4. The Morgan fingerprint density at radius 3 is 2.33 bits per heavy atom. The standard InChI is InChI=1S/C20H24Cl3NO3/c1-3-15(11-25)24-10-14-8-19(26-4-2)20(9-17(14)22)27-12-13-5-6-16(21)18(23)7-13/h5-9,15,24-25H,3-4,10-12H2,1-2H3. The Morgan fingerprint density at radius 1 is 0.963 bits per heavy atom. The van der Waals surface area contributed by atoms with Crippen LogP contribution in [0.2, 0.25) is 15.1 Å². The van der Waals surface area contributed by atoms with E-state index in [0.29, 0.717) is 46.3 Å². The van der Waals surface area contributed by atoms with Gasteiger partial charge < -0.3 is 19.9 Å². The molecule has 0 saturated carbocycles. The summed E-state index contributed by atoms with van der Waals surface area (Å²) < 4.78 is 11.6. The summed E-state index contributed by atoms with van der Waals surface area (Å²) in [7, 11) is 0. The van der Waals surface area contributed by atoms with E-state index in [2.05, 4.69) is 5.32 Å². The molecule has 2 aromatic rings. The maximum absolute atomic E-state index is 9.31. The number of aliphatic hydroxyl groups excluding tert-OH is 1. The van der Waals surface area contributed by atoms with E-state index in [0.717, 1.165) is 17.5 Å². The first-order chi connectivity index (χ1) is 13.0. The fourth-order valence-electron chi connectivity index (χ4n) is 2.48. The molecular weight excluding hydrogens is 409 g/mol. The van der Waals surface area contributed by atoms with Gasteiger partial charge in [-0.1, -0.05) is 47.8 Å². The Labute approximate surface area is 175 Å². The molecule has 0 saturated heterocycles. The van der Waals surface area contributed by atoms with Crippen molar-refractivity contribution in [2.75, 3.05) is 13.2 Å². The van der Waals surface area contributed by atoms with E-state index < -0.39 is 0 Å². The highest BCUT2D eigenvalue weighted by atomic mass is 35.5. The highest BCUT2D eigenvalue weighted by Crippen LogP contribution is 2.34. The summed E-state index contributed by atoms with van der Waals surface area (Å²) in [5.74, 6) is 1.18. The Balaban J connectivity index is 2.15. The third-order valence-corrected chi connectivity index (χ3v) is 5.18. The fraction of sp³-hybridized carbons (Fsp3) is 0.400. The number of rotatable bonds is 10. The molecule has 0 radical (unpaired) electrons. The first kappa shape index (κ1) is 22.1. The lowest BCUT2D eigenvalue weighted by Crippen LogP contribution is -2.31. The highest BCUT2D eigenvalue weighted by molar-refractivity contribution is 6.42. The van der Waals surface area contributed by atoms with Gasteiger partial charge in [-0.05, 0) is 42.7 Å². The van der Waals surface area contributed by atoms with Crippen molar-refractivity contribution in [3.63, 3.8) is 0 Å². The molecule has 0 fully saturated rings. The summed E-state index contributed by atoms with van der Waals surface area (Å²) >= 11 is 18.4. The molecule has 0 spiro atoms. The minimum atomic E-state index is 0.0298. The minimum Gasteiger partial charge on any atom is -0.490 e. The Morgan fingerprint density at radius 2 is 1.70 bits per heavy atom. The average molecular weight is 433 g/mol. The summed E-state index contributed by atoms with van der Waals surface area (Å²) in [4.78, 5) is 0. The summed E-state index contributed by atoms with van der Waals surface area (Å²) in [6.45, 7) is 5.36. The van der Waals surface area contributed by atoms with Gasteiger partial charge in [-0.3, -0.25) is 0 Å². The van der Waals surface area contributed by atoms with E-state index in [4.69, 9.17) is 44.3 Å². The van der Waals surface area contributed by atoms with Crippen molar-refractivity contribution in [1.82, 2.24) is 5.32 Å². The summed E-state index contributed by atoms with van der Waals surface area (Å²) in [5, 5.41) is 14.1. The average Bonchev–Trinajstić information content (AvgIpc) is 2.66. The quantitative estimate of drug-likeness (QED) is 0.521. The Kier molecular flexibility index (Phi) is 9.00. The van der Waals surface area contributed by atoms with Gasteiger partial charge in [0.2, 0.25) is 0 Å². The minimum absolute atomic E-state index is 0.0298. The van der Waals surface area contributed by atoms with Gasteiger partial charge in [-0.2, -0.15) is 0 Å². The first-order valence-corrected chi connectivity index (χ1v) is 9.98. The van der Waals surface area contributed by atoms with Gasteiger partial charge in [0.15, 0.2) is 11.5 Å². The topological polar surface area (TPSA) is 50.7 Å².